The molecule has 2 aliphatic rings. The second kappa shape index (κ2) is 7.91. The maximum Gasteiger partial charge on any atom is 0.244 e. The monoisotopic (exact) mass is 383 g/mol. The summed E-state index contributed by atoms with van der Waals surface area (Å²) in [6.45, 7) is 5.58. The molecular formula is C22H26ClN3O. The molecule has 2 aliphatic heterocycles. The second-order valence-electron chi connectivity index (χ2n) is 7.38. The van der Waals surface area contributed by atoms with Crippen LogP contribution in [-0.4, -0.2) is 43.0 Å². The van der Waals surface area contributed by atoms with E-state index in [4.69, 9.17) is 11.6 Å². The second-order valence-corrected chi connectivity index (χ2v) is 7.82. The number of carbonyl (C=O) groups is 1. The molecule has 1 fully saturated rings. The highest BCUT2D eigenvalue weighted by Crippen LogP contribution is 2.38. The molecule has 0 bridgehead atoms. The zero-order valence-electron chi connectivity index (χ0n) is 15.8. The molecule has 0 spiro atoms. The van der Waals surface area contributed by atoms with Gasteiger partial charge in [0.05, 0.1) is 17.4 Å². The number of rotatable bonds is 3. The number of hydrogen-bond donors (Lipinski definition) is 0. The average molecular weight is 384 g/mol. The number of carbonyl (C=O) groups excluding carboxylic acids is 1. The summed E-state index contributed by atoms with van der Waals surface area (Å²) in [4.78, 5) is 19.9. The molecule has 27 heavy (non-hydrogen) atoms. The Morgan fingerprint density at radius 2 is 1.56 bits per heavy atom. The number of benzene rings is 2. The van der Waals surface area contributed by atoms with Gasteiger partial charge in [-0.25, -0.2) is 0 Å². The Morgan fingerprint density at radius 1 is 0.889 bits per heavy atom. The zero-order chi connectivity index (χ0) is 18.8. The molecule has 0 saturated carbocycles. The van der Waals surface area contributed by atoms with Crippen LogP contribution in [0.15, 0.2) is 48.5 Å². The number of piperidine rings is 1. The molecule has 142 valence electrons. The van der Waals surface area contributed by atoms with E-state index in [0.29, 0.717) is 6.54 Å². The van der Waals surface area contributed by atoms with Crippen molar-refractivity contribution in [1.29, 1.82) is 0 Å². The van der Waals surface area contributed by atoms with Gasteiger partial charge in [-0.2, -0.15) is 0 Å². The standard InChI is InChI=1S/C22H26ClN3O/c1-17(24-13-5-2-6-14-24)22(27)26-16-15-25(19-11-9-18(23)10-12-19)20-7-3-4-8-21(20)26/h3-4,7-12,17H,2,5-6,13-16H2,1H3. The lowest BCUT2D eigenvalue weighted by molar-refractivity contribution is -0.123. The van der Waals surface area contributed by atoms with Crippen LogP contribution in [0, 0.1) is 0 Å². The normalized spacial score (nSPS) is 18.9. The largest absolute Gasteiger partial charge is 0.338 e. The van der Waals surface area contributed by atoms with E-state index in [1.807, 2.05) is 41.3 Å². The Hall–Kier alpha value is -2.04. The van der Waals surface area contributed by atoms with E-state index in [1.54, 1.807) is 0 Å². The minimum atomic E-state index is -0.0690. The first-order valence-electron chi connectivity index (χ1n) is 9.83. The van der Waals surface area contributed by atoms with Crippen molar-refractivity contribution in [3.8, 4) is 0 Å². The number of nitrogens with zero attached hydrogens (tertiary/aromatic N) is 3. The molecule has 0 radical (unpaired) electrons. The highest BCUT2D eigenvalue weighted by atomic mass is 35.5. The number of likely N-dealkylation sites (tertiary alicyclic amines) is 1. The molecule has 0 N–H and O–H groups in total. The minimum Gasteiger partial charge on any atom is -0.338 e. The molecule has 2 heterocycles. The van der Waals surface area contributed by atoms with Crippen molar-refractivity contribution in [1.82, 2.24) is 4.90 Å². The SMILES string of the molecule is CC(C(=O)N1CCN(c2ccc(Cl)cc2)c2ccccc21)N1CCCCC1. The first-order valence-corrected chi connectivity index (χ1v) is 10.2. The van der Waals surface area contributed by atoms with Gasteiger partial charge in [-0.3, -0.25) is 9.69 Å². The maximum atomic E-state index is 13.3. The van der Waals surface area contributed by atoms with Gasteiger partial charge in [0.15, 0.2) is 0 Å². The Morgan fingerprint density at radius 3 is 2.26 bits per heavy atom. The molecule has 2 aromatic carbocycles. The van der Waals surface area contributed by atoms with Crippen molar-refractivity contribution in [2.75, 3.05) is 36.0 Å². The van der Waals surface area contributed by atoms with Gasteiger partial charge in [0.25, 0.3) is 0 Å². The molecule has 0 aliphatic carbocycles. The van der Waals surface area contributed by atoms with Crippen LogP contribution >= 0.6 is 11.6 Å². The van der Waals surface area contributed by atoms with Gasteiger partial charge >= 0.3 is 0 Å². The number of anilines is 3. The first-order chi connectivity index (χ1) is 13.1. The number of halogens is 1. The third kappa shape index (κ3) is 3.69. The summed E-state index contributed by atoms with van der Waals surface area (Å²) < 4.78 is 0. The quantitative estimate of drug-likeness (QED) is 0.768. The fraction of sp³-hybridized carbons (Fsp3) is 0.409. The van der Waals surface area contributed by atoms with E-state index in [-0.39, 0.29) is 11.9 Å². The molecule has 1 saturated heterocycles. The van der Waals surface area contributed by atoms with E-state index in [9.17, 15) is 4.79 Å². The molecule has 4 nitrogen and oxygen atoms in total. The van der Waals surface area contributed by atoms with E-state index in [1.165, 1.54) is 19.3 Å². The number of hydrogen-bond acceptors (Lipinski definition) is 3. The lowest BCUT2D eigenvalue weighted by Crippen LogP contribution is -2.52. The Kier molecular flexibility index (Phi) is 5.37. The summed E-state index contributed by atoms with van der Waals surface area (Å²) in [5, 5.41) is 0.733. The molecule has 1 atom stereocenters. The van der Waals surface area contributed by atoms with Gasteiger partial charge in [0, 0.05) is 23.8 Å². The van der Waals surface area contributed by atoms with Gasteiger partial charge in [0.2, 0.25) is 5.91 Å². The van der Waals surface area contributed by atoms with Crippen molar-refractivity contribution in [3.63, 3.8) is 0 Å². The minimum absolute atomic E-state index is 0.0690. The predicted octanol–water partition coefficient (Wildman–Crippen LogP) is 4.70. The number of fused-ring (bicyclic) bond motifs is 1. The highest BCUT2D eigenvalue weighted by molar-refractivity contribution is 6.30. The average Bonchev–Trinajstić information content (AvgIpc) is 2.73. The summed E-state index contributed by atoms with van der Waals surface area (Å²) >= 11 is 6.05. The van der Waals surface area contributed by atoms with Crippen LogP contribution in [0.2, 0.25) is 5.02 Å². The van der Waals surface area contributed by atoms with E-state index in [0.717, 1.165) is 41.7 Å². The van der Waals surface area contributed by atoms with Gasteiger partial charge in [-0.1, -0.05) is 30.2 Å². The fourth-order valence-corrected chi connectivity index (χ4v) is 4.29. The van der Waals surface area contributed by atoms with Crippen LogP contribution in [0.1, 0.15) is 26.2 Å². The molecule has 4 rings (SSSR count). The molecule has 5 heteroatoms. The molecule has 0 aromatic heterocycles. The topological polar surface area (TPSA) is 26.8 Å². The van der Waals surface area contributed by atoms with E-state index in [2.05, 4.69) is 28.9 Å². The summed E-state index contributed by atoms with van der Waals surface area (Å²) in [7, 11) is 0. The Bertz CT molecular complexity index is 801. The molecule has 2 aromatic rings. The zero-order valence-corrected chi connectivity index (χ0v) is 16.5. The first kappa shape index (κ1) is 18.3. The third-order valence-electron chi connectivity index (χ3n) is 5.71. The third-order valence-corrected chi connectivity index (χ3v) is 5.96. The fourth-order valence-electron chi connectivity index (χ4n) is 4.17. The molecule has 1 unspecified atom stereocenters. The summed E-state index contributed by atoms with van der Waals surface area (Å²) in [6, 6.07) is 16.0. The summed E-state index contributed by atoms with van der Waals surface area (Å²) in [6.07, 6.45) is 3.66. The van der Waals surface area contributed by atoms with Crippen LogP contribution in [0.5, 0.6) is 0 Å². The van der Waals surface area contributed by atoms with E-state index < -0.39 is 0 Å². The Labute approximate surface area is 166 Å². The van der Waals surface area contributed by atoms with E-state index >= 15 is 0 Å². The van der Waals surface area contributed by atoms with Gasteiger partial charge in [-0.05, 0) is 69.3 Å². The summed E-state index contributed by atoms with van der Waals surface area (Å²) in [5.41, 5.74) is 3.17. The van der Waals surface area contributed by atoms with Crippen LogP contribution in [0.25, 0.3) is 0 Å². The van der Waals surface area contributed by atoms with Crippen LogP contribution in [-0.2, 0) is 4.79 Å². The van der Waals surface area contributed by atoms with Crippen molar-refractivity contribution in [2.45, 2.75) is 32.2 Å². The highest BCUT2D eigenvalue weighted by Gasteiger charge is 2.32. The lowest BCUT2D eigenvalue weighted by Gasteiger charge is -2.40. The van der Waals surface area contributed by atoms with Gasteiger partial charge in [0.1, 0.15) is 0 Å². The Balaban J connectivity index is 1.60. The van der Waals surface area contributed by atoms with Crippen molar-refractivity contribution >= 4 is 34.6 Å². The number of para-hydroxylation sites is 2. The smallest absolute Gasteiger partial charge is 0.244 e. The molecular weight excluding hydrogens is 358 g/mol. The van der Waals surface area contributed by atoms with Crippen LogP contribution in [0.4, 0.5) is 17.1 Å². The lowest BCUT2D eigenvalue weighted by atomic mass is 10.1. The van der Waals surface area contributed by atoms with Gasteiger partial charge < -0.3 is 9.80 Å². The van der Waals surface area contributed by atoms with Crippen LogP contribution < -0.4 is 9.80 Å². The predicted molar refractivity (Wildman–Crippen MR) is 112 cm³/mol. The van der Waals surface area contributed by atoms with Crippen molar-refractivity contribution < 1.29 is 4.79 Å². The number of amides is 1. The van der Waals surface area contributed by atoms with Gasteiger partial charge in [-0.15, -0.1) is 0 Å². The van der Waals surface area contributed by atoms with Crippen molar-refractivity contribution in [3.05, 3.63) is 53.6 Å². The maximum absolute atomic E-state index is 13.3. The molecule has 1 amide bonds. The summed E-state index contributed by atoms with van der Waals surface area (Å²) in [5.74, 6) is 0.208. The van der Waals surface area contributed by atoms with Crippen molar-refractivity contribution in [2.24, 2.45) is 0 Å². The van der Waals surface area contributed by atoms with Crippen LogP contribution in [0.3, 0.4) is 0 Å².